The lowest BCUT2D eigenvalue weighted by Crippen LogP contribution is -2.24. The van der Waals surface area contributed by atoms with E-state index in [2.05, 4.69) is 0 Å². The molecule has 0 spiro atoms. The van der Waals surface area contributed by atoms with Crippen molar-refractivity contribution in [2.24, 2.45) is 5.92 Å². The number of aliphatic carboxylic acids is 1. The standard InChI is InChI=1S/C23H19F3O4/c24-23(25,26)17-10-6-15(7-11-17)14-20(22(28)29)21(27)16-8-12-19(13-9-16)30-18-4-2-1-3-5-18/h1-13,20-21,27H,14H2,(H,28,29). The Morgan fingerprint density at radius 3 is 1.97 bits per heavy atom. The molecule has 2 N–H and O–H groups in total. The Kier molecular flexibility index (Phi) is 6.42. The van der Waals surface area contributed by atoms with Gasteiger partial charge in [0.05, 0.1) is 17.6 Å². The first-order chi connectivity index (χ1) is 14.2. The monoisotopic (exact) mass is 416 g/mol. The smallest absolute Gasteiger partial charge is 0.416 e. The van der Waals surface area contributed by atoms with E-state index in [1.54, 1.807) is 36.4 Å². The molecule has 0 saturated carbocycles. The highest BCUT2D eigenvalue weighted by atomic mass is 19.4. The van der Waals surface area contributed by atoms with Gasteiger partial charge in [-0.25, -0.2) is 0 Å². The molecule has 2 atom stereocenters. The number of ether oxygens (including phenoxy) is 1. The Morgan fingerprint density at radius 1 is 0.867 bits per heavy atom. The fourth-order valence-electron chi connectivity index (χ4n) is 3.01. The predicted molar refractivity (Wildman–Crippen MR) is 104 cm³/mol. The Balaban J connectivity index is 1.72. The first-order valence-corrected chi connectivity index (χ1v) is 9.14. The lowest BCUT2D eigenvalue weighted by molar-refractivity contribution is -0.146. The zero-order chi connectivity index (χ0) is 21.7. The molecule has 0 saturated heterocycles. The van der Waals surface area contributed by atoms with Crippen molar-refractivity contribution >= 4 is 5.97 Å². The number of alkyl halides is 3. The Hall–Kier alpha value is -3.32. The average molecular weight is 416 g/mol. The molecule has 7 heteroatoms. The predicted octanol–water partition coefficient (Wildman–Crippen LogP) is 5.47. The second-order valence-electron chi connectivity index (χ2n) is 6.77. The molecule has 0 radical (unpaired) electrons. The quantitative estimate of drug-likeness (QED) is 0.536. The van der Waals surface area contributed by atoms with Gasteiger partial charge in [0, 0.05) is 0 Å². The Morgan fingerprint density at radius 2 is 1.43 bits per heavy atom. The van der Waals surface area contributed by atoms with Gasteiger partial charge in [-0.2, -0.15) is 13.2 Å². The molecule has 0 aliphatic rings. The summed E-state index contributed by atoms with van der Waals surface area (Å²) >= 11 is 0. The lowest BCUT2D eigenvalue weighted by atomic mass is 9.89. The van der Waals surface area contributed by atoms with Crippen molar-refractivity contribution in [3.8, 4) is 11.5 Å². The van der Waals surface area contributed by atoms with E-state index < -0.39 is 29.7 Å². The number of para-hydroxylation sites is 1. The van der Waals surface area contributed by atoms with E-state index in [0.717, 1.165) is 12.1 Å². The highest BCUT2D eigenvalue weighted by molar-refractivity contribution is 5.71. The van der Waals surface area contributed by atoms with E-state index in [-0.39, 0.29) is 6.42 Å². The summed E-state index contributed by atoms with van der Waals surface area (Å²) in [5, 5.41) is 20.1. The summed E-state index contributed by atoms with van der Waals surface area (Å²) in [6.07, 6.45) is -5.92. The summed E-state index contributed by atoms with van der Waals surface area (Å²) in [5.41, 5.74) is -0.0547. The molecule has 2 unspecified atom stereocenters. The van der Waals surface area contributed by atoms with Gasteiger partial charge in [0.25, 0.3) is 0 Å². The summed E-state index contributed by atoms with van der Waals surface area (Å²) in [7, 11) is 0. The topological polar surface area (TPSA) is 66.8 Å². The summed E-state index contributed by atoms with van der Waals surface area (Å²) < 4.78 is 43.7. The molecule has 30 heavy (non-hydrogen) atoms. The van der Waals surface area contributed by atoms with E-state index in [9.17, 15) is 28.2 Å². The molecule has 4 nitrogen and oxygen atoms in total. The minimum Gasteiger partial charge on any atom is -0.481 e. The lowest BCUT2D eigenvalue weighted by Gasteiger charge is -2.20. The van der Waals surface area contributed by atoms with Gasteiger partial charge in [-0.1, -0.05) is 42.5 Å². The first-order valence-electron chi connectivity index (χ1n) is 9.14. The number of hydrogen-bond donors (Lipinski definition) is 2. The van der Waals surface area contributed by atoms with E-state index >= 15 is 0 Å². The maximum atomic E-state index is 12.7. The maximum Gasteiger partial charge on any atom is 0.416 e. The number of rotatable bonds is 7. The minimum atomic E-state index is -4.46. The van der Waals surface area contributed by atoms with Crippen LogP contribution < -0.4 is 4.74 Å². The number of aliphatic hydroxyl groups is 1. The number of carbonyl (C=O) groups is 1. The van der Waals surface area contributed by atoms with Crippen LogP contribution in [-0.4, -0.2) is 16.2 Å². The van der Waals surface area contributed by atoms with E-state index in [1.165, 1.54) is 12.1 Å². The first kappa shape index (κ1) is 21.4. The highest BCUT2D eigenvalue weighted by Crippen LogP contribution is 2.31. The van der Waals surface area contributed by atoms with Gasteiger partial charge in [0.1, 0.15) is 11.5 Å². The number of carboxylic acid groups (broad SMARTS) is 1. The van der Waals surface area contributed by atoms with Crippen molar-refractivity contribution in [1.82, 2.24) is 0 Å². The minimum absolute atomic E-state index is 0.114. The van der Waals surface area contributed by atoms with Crippen LogP contribution in [0.2, 0.25) is 0 Å². The van der Waals surface area contributed by atoms with Crippen LogP contribution in [0.1, 0.15) is 22.8 Å². The van der Waals surface area contributed by atoms with Gasteiger partial charge >= 0.3 is 12.1 Å². The van der Waals surface area contributed by atoms with Crippen LogP contribution in [0.3, 0.4) is 0 Å². The second kappa shape index (κ2) is 9.00. The van der Waals surface area contributed by atoms with Gasteiger partial charge in [-0.15, -0.1) is 0 Å². The van der Waals surface area contributed by atoms with E-state index in [0.29, 0.717) is 22.6 Å². The molecule has 3 rings (SSSR count). The van der Waals surface area contributed by atoms with Crippen molar-refractivity contribution in [2.75, 3.05) is 0 Å². The van der Waals surface area contributed by atoms with E-state index in [4.69, 9.17) is 4.74 Å². The van der Waals surface area contributed by atoms with Crippen molar-refractivity contribution in [1.29, 1.82) is 0 Å². The van der Waals surface area contributed by atoms with Crippen molar-refractivity contribution in [2.45, 2.75) is 18.7 Å². The maximum absolute atomic E-state index is 12.7. The molecule has 0 aliphatic carbocycles. The summed E-state index contributed by atoms with van der Waals surface area (Å²) in [6, 6.07) is 19.7. The number of halogens is 3. The summed E-state index contributed by atoms with van der Waals surface area (Å²) in [5.74, 6) is -1.31. The fraction of sp³-hybridized carbons (Fsp3) is 0.174. The largest absolute Gasteiger partial charge is 0.481 e. The summed E-state index contributed by atoms with van der Waals surface area (Å²) in [4.78, 5) is 11.7. The molecule has 0 bridgehead atoms. The molecular weight excluding hydrogens is 397 g/mol. The zero-order valence-corrected chi connectivity index (χ0v) is 15.7. The van der Waals surface area contributed by atoms with Crippen molar-refractivity contribution < 1.29 is 32.9 Å². The van der Waals surface area contributed by atoms with Crippen molar-refractivity contribution in [3.63, 3.8) is 0 Å². The van der Waals surface area contributed by atoms with Crippen LogP contribution >= 0.6 is 0 Å². The van der Waals surface area contributed by atoms with Crippen LogP contribution in [0.4, 0.5) is 13.2 Å². The molecule has 0 amide bonds. The molecule has 0 aliphatic heterocycles. The normalized spacial score (nSPS) is 13.5. The Bertz CT molecular complexity index is 968. The molecule has 0 fully saturated rings. The van der Waals surface area contributed by atoms with Crippen LogP contribution in [0, 0.1) is 5.92 Å². The zero-order valence-electron chi connectivity index (χ0n) is 15.7. The molecule has 156 valence electrons. The third-order valence-corrected chi connectivity index (χ3v) is 4.64. The highest BCUT2D eigenvalue weighted by Gasteiger charge is 2.31. The van der Waals surface area contributed by atoms with Crippen molar-refractivity contribution in [3.05, 3.63) is 95.6 Å². The van der Waals surface area contributed by atoms with Crippen LogP contribution in [0.25, 0.3) is 0 Å². The van der Waals surface area contributed by atoms with Crippen LogP contribution in [0.5, 0.6) is 11.5 Å². The van der Waals surface area contributed by atoms with Crippen LogP contribution in [0.15, 0.2) is 78.9 Å². The fourth-order valence-corrected chi connectivity index (χ4v) is 3.01. The molecule has 3 aromatic carbocycles. The van der Waals surface area contributed by atoms with Gasteiger partial charge in [0.2, 0.25) is 0 Å². The number of hydrogen-bond acceptors (Lipinski definition) is 3. The van der Waals surface area contributed by atoms with Gasteiger partial charge in [0.15, 0.2) is 0 Å². The molecule has 0 heterocycles. The third-order valence-electron chi connectivity index (χ3n) is 4.64. The Labute approximate surface area is 171 Å². The number of benzene rings is 3. The van der Waals surface area contributed by atoms with Gasteiger partial charge in [-0.3, -0.25) is 4.79 Å². The second-order valence-corrected chi connectivity index (χ2v) is 6.77. The van der Waals surface area contributed by atoms with E-state index in [1.807, 2.05) is 18.2 Å². The third kappa shape index (κ3) is 5.39. The van der Waals surface area contributed by atoms with Gasteiger partial charge < -0.3 is 14.9 Å². The summed E-state index contributed by atoms with van der Waals surface area (Å²) in [6.45, 7) is 0. The molecular formula is C23H19F3O4. The average Bonchev–Trinajstić information content (AvgIpc) is 2.72. The van der Waals surface area contributed by atoms with Crippen LogP contribution in [-0.2, 0) is 17.4 Å². The number of aliphatic hydroxyl groups excluding tert-OH is 1. The molecule has 3 aromatic rings. The molecule has 0 aromatic heterocycles. The van der Waals surface area contributed by atoms with Gasteiger partial charge in [-0.05, 0) is 53.9 Å². The number of carboxylic acids is 1. The SMILES string of the molecule is O=C(O)C(Cc1ccc(C(F)(F)F)cc1)C(O)c1ccc(Oc2ccccc2)cc1.